The number of aliphatic hydroxyl groups is 2. The topological polar surface area (TPSA) is 122 Å². The zero-order valence-electron chi connectivity index (χ0n) is 13.6. The van der Waals surface area contributed by atoms with Crippen LogP contribution in [0.3, 0.4) is 0 Å². The van der Waals surface area contributed by atoms with Crippen molar-refractivity contribution in [3.63, 3.8) is 0 Å². The van der Waals surface area contributed by atoms with Gasteiger partial charge in [-0.1, -0.05) is 29.7 Å². The Labute approximate surface area is 144 Å². The molecule has 0 aliphatic heterocycles. The summed E-state index contributed by atoms with van der Waals surface area (Å²) in [5, 5.41) is 36.0. The number of benzene rings is 1. The van der Waals surface area contributed by atoms with Crippen LogP contribution in [0.4, 0.5) is 21.0 Å². The second kappa shape index (κ2) is 9.83. The van der Waals surface area contributed by atoms with Gasteiger partial charge in [-0.05, 0) is 24.6 Å². The molecule has 4 N–H and O–H groups in total. The van der Waals surface area contributed by atoms with Gasteiger partial charge in [0.2, 0.25) is 0 Å². The number of hydrogen-bond donors (Lipinski definition) is 4. The fourth-order valence-electron chi connectivity index (χ4n) is 1.96. The fraction of sp³-hybridized carbons (Fsp3) is 0.294. The summed E-state index contributed by atoms with van der Waals surface area (Å²) in [7, 11) is 0. The Hall–Kier alpha value is -3.20. The molecule has 1 rings (SSSR count). The van der Waals surface area contributed by atoms with E-state index in [1.807, 2.05) is 0 Å². The third-order valence-corrected chi connectivity index (χ3v) is 3.14. The number of aliphatic hydroxyl groups excluding tert-OH is 2. The molecule has 0 aromatic heterocycles. The summed E-state index contributed by atoms with van der Waals surface area (Å²) in [4.78, 5) is 24.8. The minimum Gasteiger partial charge on any atom is -0.465 e. The molecule has 132 valence electrons. The SMILES string of the molecule is Cc1ccc(N(CC#CCO)C(=O)O)cc1N(CC#CCO)C(=O)O. The van der Waals surface area contributed by atoms with Gasteiger partial charge in [-0.2, -0.15) is 0 Å². The van der Waals surface area contributed by atoms with Crippen LogP contribution in [0.1, 0.15) is 5.56 Å². The molecule has 0 aliphatic rings. The Morgan fingerprint density at radius 2 is 1.44 bits per heavy atom. The van der Waals surface area contributed by atoms with Crippen LogP contribution in [0.2, 0.25) is 0 Å². The van der Waals surface area contributed by atoms with Crippen molar-refractivity contribution in [1.82, 2.24) is 0 Å². The molecule has 0 heterocycles. The maximum absolute atomic E-state index is 11.5. The predicted octanol–water partition coefficient (Wildman–Crippen LogP) is 0.955. The molecule has 8 heteroatoms. The predicted molar refractivity (Wildman–Crippen MR) is 91.6 cm³/mol. The number of amides is 2. The number of nitrogens with zero attached hydrogens (tertiary/aromatic N) is 2. The van der Waals surface area contributed by atoms with Gasteiger partial charge in [0, 0.05) is 0 Å². The van der Waals surface area contributed by atoms with E-state index in [1.54, 1.807) is 13.0 Å². The molecule has 1 aromatic carbocycles. The summed E-state index contributed by atoms with van der Waals surface area (Å²) in [6.45, 7) is 0.574. The van der Waals surface area contributed by atoms with Crippen LogP contribution in [0.15, 0.2) is 18.2 Å². The van der Waals surface area contributed by atoms with Crippen LogP contribution in [-0.4, -0.2) is 58.9 Å². The molecule has 0 bridgehead atoms. The Morgan fingerprint density at radius 3 is 1.92 bits per heavy atom. The summed E-state index contributed by atoms with van der Waals surface area (Å²) < 4.78 is 0. The van der Waals surface area contributed by atoms with E-state index in [1.165, 1.54) is 12.1 Å². The standard InChI is InChI=1S/C17H18N2O6/c1-13-6-7-14(18(16(22)23)8-2-4-10-20)12-15(13)19(17(24)25)9-3-5-11-21/h6-7,12,20-21H,8-11H2,1H3,(H,22,23)(H,24,25). The lowest BCUT2D eigenvalue weighted by molar-refractivity contribution is 0.202. The van der Waals surface area contributed by atoms with Gasteiger partial charge in [0.15, 0.2) is 0 Å². The van der Waals surface area contributed by atoms with E-state index in [0.29, 0.717) is 5.56 Å². The second-order valence-electron chi connectivity index (χ2n) is 4.73. The lowest BCUT2D eigenvalue weighted by atomic mass is 10.1. The molecular weight excluding hydrogens is 328 g/mol. The van der Waals surface area contributed by atoms with E-state index in [0.717, 1.165) is 9.80 Å². The van der Waals surface area contributed by atoms with E-state index in [2.05, 4.69) is 23.7 Å². The van der Waals surface area contributed by atoms with Gasteiger partial charge in [0.25, 0.3) is 0 Å². The fourth-order valence-corrected chi connectivity index (χ4v) is 1.96. The number of aryl methyl sites for hydroxylation is 1. The van der Waals surface area contributed by atoms with Crippen molar-refractivity contribution >= 4 is 23.6 Å². The Balaban J connectivity index is 3.26. The summed E-state index contributed by atoms with van der Waals surface area (Å²) in [5.41, 5.74) is 1.13. The Bertz CT molecular complexity index is 754. The first-order valence-corrected chi connectivity index (χ1v) is 7.17. The molecule has 25 heavy (non-hydrogen) atoms. The van der Waals surface area contributed by atoms with Crippen LogP contribution in [0, 0.1) is 30.6 Å². The lowest BCUT2D eigenvalue weighted by Crippen LogP contribution is -2.32. The molecule has 1 aromatic rings. The summed E-state index contributed by atoms with van der Waals surface area (Å²) in [5.74, 6) is 9.75. The maximum atomic E-state index is 11.5. The molecule has 0 atom stereocenters. The number of carbonyl (C=O) groups is 2. The minimum atomic E-state index is -1.26. The molecule has 0 saturated heterocycles. The third kappa shape index (κ3) is 5.74. The Morgan fingerprint density at radius 1 is 0.920 bits per heavy atom. The van der Waals surface area contributed by atoms with Crippen molar-refractivity contribution in [2.24, 2.45) is 0 Å². The van der Waals surface area contributed by atoms with Crippen LogP contribution in [-0.2, 0) is 0 Å². The first-order chi connectivity index (χ1) is 11.9. The van der Waals surface area contributed by atoms with Gasteiger partial charge in [0.1, 0.15) is 13.2 Å². The maximum Gasteiger partial charge on any atom is 0.412 e. The largest absolute Gasteiger partial charge is 0.465 e. The molecule has 0 unspecified atom stereocenters. The first-order valence-electron chi connectivity index (χ1n) is 7.17. The summed E-state index contributed by atoms with van der Waals surface area (Å²) in [6.07, 6.45) is -2.52. The van der Waals surface area contributed by atoms with E-state index in [4.69, 9.17) is 10.2 Å². The van der Waals surface area contributed by atoms with Crippen molar-refractivity contribution in [2.75, 3.05) is 36.1 Å². The zero-order valence-corrected chi connectivity index (χ0v) is 13.6. The highest BCUT2D eigenvalue weighted by atomic mass is 16.4. The van der Waals surface area contributed by atoms with Crippen molar-refractivity contribution < 1.29 is 30.0 Å². The van der Waals surface area contributed by atoms with Gasteiger partial charge in [-0.25, -0.2) is 9.59 Å². The Kier molecular flexibility index (Phi) is 7.80. The second-order valence-corrected chi connectivity index (χ2v) is 4.73. The highest BCUT2D eigenvalue weighted by Gasteiger charge is 2.19. The van der Waals surface area contributed by atoms with Crippen LogP contribution in [0.5, 0.6) is 0 Å². The molecule has 0 spiro atoms. The third-order valence-electron chi connectivity index (χ3n) is 3.14. The van der Waals surface area contributed by atoms with Crippen molar-refractivity contribution in [2.45, 2.75) is 6.92 Å². The molecule has 0 aliphatic carbocycles. The van der Waals surface area contributed by atoms with Crippen molar-refractivity contribution in [3.8, 4) is 23.7 Å². The first kappa shape index (κ1) is 19.8. The van der Waals surface area contributed by atoms with E-state index in [9.17, 15) is 19.8 Å². The highest BCUT2D eigenvalue weighted by Crippen LogP contribution is 2.27. The highest BCUT2D eigenvalue weighted by molar-refractivity contribution is 5.91. The quantitative estimate of drug-likeness (QED) is 0.603. The number of anilines is 2. The van der Waals surface area contributed by atoms with Gasteiger partial charge < -0.3 is 20.4 Å². The monoisotopic (exact) mass is 346 g/mol. The number of carboxylic acid groups (broad SMARTS) is 2. The number of rotatable bonds is 4. The van der Waals surface area contributed by atoms with Gasteiger partial charge in [-0.15, -0.1) is 0 Å². The van der Waals surface area contributed by atoms with Gasteiger partial charge in [-0.3, -0.25) is 9.80 Å². The zero-order chi connectivity index (χ0) is 18.8. The summed E-state index contributed by atoms with van der Waals surface area (Å²) >= 11 is 0. The normalized spacial score (nSPS) is 9.24. The minimum absolute atomic E-state index is 0.169. The van der Waals surface area contributed by atoms with Crippen molar-refractivity contribution in [1.29, 1.82) is 0 Å². The van der Waals surface area contributed by atoms with Crippen LogP contribution in [0.25, 0.3) is 0 Å². The van der Waals surface area contributed by atoms with E-state index >= 15 is 0 Å². The van der Waals surface area contributed by atoms with E-state index in [-0.39, 0.29) is 37.7 Å². The van der Waals surface area contributed by atoms with Gasteiger partial charge >= 0.3 is 12.2 Å². The average Bonchev–Trinajstić information content (AvgIpc) is 2.56. The molecule has 8 nitrogen and oxygen atoms in total. The lowest BCUT2D eigenvalue weighted by Gasteiger charge is -2.22. The van der Waals surface area contributed by atoms with Crippen LogP contribution < -0.4 is 9.80 Å². The van der Waals surface area contributed by atoms with E-state index < -0.39 is 12.2 Å². The molecular formula is C17H18N2O6. The molecule has 0 saturated carbocycles. The molecule has 0 fully saturated rings. The van der Waals surface area contributed by atoms with Gasteiger partial charge in [0.05, 0.1) is 24.5 Å². The summed E-state index contributed by atoms with van der Waals surface area (Å²) in [6, 6.07) is 4.54. The van der Waals surface area contributed by atoms with Crippen molar-refractivity contribution in [3.05, 3.63) is 23.8 Å². The number of hydrogen-bond acceptors (Lipinski definition) is 4. The average molecular weight is 346 g/mol. The molecule has 0 radical (unpaired) electrons. The van der Waals surface area contributed by atoms with Crippen LogP contribution >= 0.6 is 0 Å². The smallest absolute Gasteiger partial charge is 0.412 e. The molecule has 2 amide bonds.